The molecule has 4 rings (SSSR count). The molecule has 128 valence electrons. The van der Waals surface area contributed by atoms with E-state index >= 15 is 0 Å². The average molecular weight is 341 g/mol. The van der Waals surface area contributed by atoms with E-state index < -0.39 is 5.82 Å². The molecule has 0 N–H and O–H groups in total. The molecule has 0 radical (unpaired) electrons. The van der Waals surface area contributed by atoms with Crippen molar-refractivity contribution in [3.63, 3.8) is 0 Å². The molecule has 0 saturated carbocycles. The normalized spacial score (nSPS) is 17.2. The van der Waals surface area contributed by atoms with Gasteiger partial charge in [0.05, 0.1) is 31.1 Å². The molecule has 0 bridgehead atoms. The van der Waals surface area contributed by atoms with Crippen molar-refractivity contribution in [2.75, 3.05) is 18.6 Å². The van der Waals surface area contributed by atoms with Crippen molar-refractivity contribution in [2.24, 2.45) is 0 Å². The molecule has 1 atom stereocenters. The number of fused-ring (bicyclic) bond motifs is 1. The second-order valence-corrected chi connectivity index (χ2v) is 5.88. The Kier molecular flexibility index (Phi) is 3.79. The van der Waals surface area contributed by atoms with Crippen LogP contribution in [-0.4, -0.2) is 39.5 Å². The quantitative estimate of drug-likeness (QED) is 0.679. The van der Waals surface area contributed by atoms with Crippen molar-refractivity contribution in [1.82, 2.24) is 19.6 Å². The van der Waals surface area contributed by atoms with E-state index in [9.17, 15) is 9.18 Å². The summed E-state index contributed by atoms with van der Waals surface area (Å²) >= 11 is 0. The number of methoxy groups -OCH3 is 1. The number of pyridine rings is 1. The Morgan fingerprint density at radius 1 is 1.40 bits per heavy atom. The summed E-state index contributed by atoms with van der Waals surface area (Å²) in [6.45, 7) is 0.776. The van der Waals surface area contributed by atoms with Crippen LogP contribution in [0, 0.1) is 5.82 Å². The lowest BCUT2D eigenvalue weighted by Crippen LogP contribution is -2.24. The minimum Gasteiger partial charge on any atom is -0.481 e. The summed E-state index contributed by atoms with van der Waals surface area (Å²) in [5.74, 6) is 0.729. The standard InChI is InChI=1S/C17H16FN5O2/c1-25-17-13(7-12(18)9-19-17)14-3-2-5-22(14)15-4-6-23-16(21-15)11(10-24)8-20-23/h4,6-10,14H,2-3,5H2,1H3/t14-/m1/s1. The highest BCUT2D eigenvalue weighted by molar-refractivity contribution is 5.84. The Hall–Kier alpha value is -3.03. The molecule has 25 heavy (non-hydrogen) atoms. The van der Waals surface area contributed by atoms with Crippen LogP contribution in [0.15, 0.2) is 30.7 Å². The fourth-order valence-corrected chi connectivity index (χ4v) is 3.34. The number of nitrogens with zero attached hydrogens (tertiary/aromatic N) is 5. The van der Waals surface area contributed by atoms with E-state index in [0.29, 0.717) is 28.5 Å². The first kappa shape index (κ1) is 15.5. The third-order valence-electron chi connectivity index (χ3n) is 4.45. The summed E-state index contributed by atoms with van der Waals surface area (Å²) in [7, 11) is 1.52. The number of ether oxygens (including phenoxy) is 1. The number of anilines is 1. The SMILES string of the molecule is COc1ncc(F)cc1[C@H]1CCCN1c1ccn2ncc(C=O)c2n1. The lowest BCUT2D eigenvalue weighted by atomic mass is 10.1. The predicted molar refractivity (Wildman–Crippen MR) is 88.4 cm³/mol. The number of hydrogen-bond acceptors (Lipinski definition) is 6. The number of carbonyl (C=O) groups excluding carboxylic acids is 1. The van der Waals surface area contributed by atoms with Crippen LogP contribution >= 0.6 is 0 Å². The molecule has 3 aromatic rings. The first-order valence-corrected chi connectivity index (χ1v) is 7.97. The number of carbonyl (C=O) groups is 1. The third-order valence-corrected chi connectivity index (χ3v) is 4.45. The van der Waals surface area contributed by atoms with E-state index in [2.05, 4.69) is 20.0 Å². The first-order valence-electron chi connectivity index (χ1n) is 7.97. The Balaban J connectivity index is 1.77. The summed E-state index contributed by atoms with van der Waals surface area (Å²) < 4.78 is 20.6. The highest BCUT2D eigenvalue weighted by Gasteiger charge is 2.30. The maximum atomic E-state index is 13.7. The second-order valence-electron chi connectivity index (χ2n) is 5.88. The number of halogens is 1. The van der Waals surface area contributed by atoms with E-state index in [4.69, 9.17) is 4.74 Å². The lowest BCUT2D eigenvalue weighted by molar-refractivity contribution is 0.112. The van der Waals surface area contributed by atoms with Crippen LogP contribution in [-0.2, 0) is 0 Å². The van der Waals surface area contributed by atoms with Gasteiger partial charge in [-0.25, -0.2) is 18.9 Å². The minimum absolute atomic E-state index is 0.0873. The fraction of sp³-hybridized carbons (Fsp3) is 0.294. The summed E-state index contributed by atoms with van der Waals surface area (Å²) in [6, 6.07) is 3.21. The molecular formula is C17H16FN5O2. The smallest absolute Gasteiger partial charge is 0.218 e. The van der Waals surface area contributed by atoms with Crippen LogP contribution in [0.1, 0.15) is 34.8 Å². The Labute approximate surface area is 143 Å². The van der Waals surface area contributed by atoms with Crippen LogP contribution in [0.5, 0.6) is 5.88 Å². The zero-order valence-electron chi connectivity index (χ0n) is 13.6. The van der Waals surface area contributed by atoms with Gasteiger partial charge in [-0.15, -0.1) is 0 Å². The molecule has 0 amide bonds. The van der Waals surface area contributed by atoms with Crippen molar-refractivity contribution in [3.8, 4) is 5.88 Å². The Bertz CT molecular complexity index is 942. The van der Waals surface area contributed by atoms with Crippen molar-refractivity contribution >= 4 is 17.8 Å². The highest BCUT2D eigenvalue weighted by Crippen LogP contribution is 2.38. The molecule has 0 aliphatic carbocycles. The van der Waals surface area contributed by atoms with E-state index in [-0.39, 0.29) is 6.04 Å². The van der Waals surface area contributed by atoms with Crippen LogP contribution < -0.4 is 9.64 Å². The Morgan fingerprint density at radius 2 is 2.28 bits per heavy atom. The van der Waals surface area contributed by atoms with Crippen molar-refractivity contribution in [1.29, 1.82) is 0 Å². The largest absolute Gasteiger partial charge is 0.481 e. The summed E-state index contributed by atoms with van der Waals surface area (Å²) in [5, 5.41) is 4.10. The summed E-state index contributed by atoms with van der Waals surface area (Å²) in [6.07, 6.45) is 6.92. The number of aromatic nitrogens is 4. The molecule has 1 saturated heterocycles. The van der Waals surface area contributed by atoms with Crippen molar-refractivity contribution < 1.29 is 13.9 Å². The van der Waals surface area contributed by atoms with Crippen molar-refractivity contribution in [3.05, 3.63) is 47.7 Å². The molecule has 4 heterocycles. The van der Waals surface area contributed by atoms with E-state index in [1.165, 1.54) is 19.4 Å². The van der Waals surface area contributed by atoms with Crippen LogP contribution in [0.25, 0.3) is 5.65 Å². The molecule has 0 unspecified atom stereocenters. The predicted octanol–water partition coefficient (Wildman–Crippen LogP) is 2.43. The van der Waals surface area contributed by atoms with Crippen LogP contribution in [0.3, 0.4) is 0 Å². The maximum Gasteiger partial charge on any atom is 0.218 e. The number of hydrogen-bond donors (Lipinski definition) is 0. The first-order chi connectivity index (χ1) is 12.2. The summed E-state index contributed by atoms with van der Waals surface area (Å²) in [4.78, 5) is 21.8. The molecule has 0 spiro atoms. The molecule has 0 aromatic carbocycles. The molecular weight excluding hydrogens is 325 g/mol. The van der Waals surface area contributed by atoms with Gasteiger partial charge in [-0.2, -0.15) is 5.10 Å². The topological polar surface area (TPSA) is 72.6 Å². The molecule has 3 aromatic heterocycles. The number of aldehydes is 1. The average Bonchev–Trinajstić information content (AvgIpc) is 3.27. The van der Waals surface area contributed by atoms with Gasteiger partial charge in [0.15, 0.2) is 11.9 Å². The van der Waals surface area contributed by atoms with Gasteiger partial charge in [0.2, 0.25) is 5.88 Å². The monoisotopic (exact) mass is 341 g/mol. The molecule has 7 nitrogen and oxygen atoms in total. The van der Waals surface area contributed by atoms with Gasteiger partial charge >= 0.3 is 0 Å². The van der Waals surface area contributed by atoms with Gasteiger partial charge in [0.25, 0.3) is 0 Å². The maximum absolute atomic E-state index is 13.7. The van der Waals surface area contributed by atoms with Gasteiger partial charge in [-0.3, -0.25) is 4.79 Å². The van der Waals surface area contributed by atoms with Gasteiger partial charge in [0, 0.05) is 18.3 Å². The fourth-order valence-electron chi connectivity index (χ4n) is 3.34. The zero-order valence-corrected chi connectivity index (χ0v) is 13.6. The molecule has 1 aliphatic heterocycles. The third kappa shape index (κ3) is 2.59. The van der Waals surface area contributed by atoms with Crippen molar-refractivity contribution in [2.45, 2.75) is 18.9 Å². The zero-order chi connectivity index (χ0) is 17.4. The van der Waals surface area contributed by atoms with Gasteiger partial charge < -0.3 is 9.64 Å². The summed E-state index contributed by atoms with van der Waals surface area (Å²) in [5.41, 5.74) is 1.64. The van der Waals surface area contributed by atoms with E-state index in [1.54, 1.807) is 10.7 Å². The van der Waals surface area contributed by atoms with Gasteiger partial charge in [0.1, 0.15) is 11.6 Å². The second kappa shape index (κ2) is 6.12. The Morgan fingerprint density at radius 3 is 3.08 bits per heavy atom. The lowest BCUT2D eigenvalue weighted by Gasteiger charge is -2.26. The highest BCUT2D eigenvalue weighted by atomic mass is 19.1. The molecule has 1 aliphatic rings. The van der Waals surface area contributed by atoms with E-state index in [0.717, 1.165) is 31.9 Å². The molecule has 1 fully saturated rings. The van der Waals surface area contributed by atoms with E-state index in [1.807, 2.05) is 6.07 Å². The van der Waals surface area contributed by atoms with Crippen LogP contribution in [0.4, 0.5) is 10.2 Å². The number of rotatable bonds is 4. The van der Waals surface area contributed by atoms with Gasteiger partial charge in [-0.05, 0) is 25.0 Å². The molecule has 8 heteroatoms. The van der Waals surface area contributed by atoms with Crippen LogP contribution in [0.2, 0.25) is 0 Å². The minimum atomic E-state index is -0.398. The van der Waals surface area contributed by atoms with Gasteiger partial charge in [-0.1, -0.05) is 0 Å².